The zero-order valence-corrected chi connectivity index (χ0v) is 17.3. The van der Waals surface area contributed by atoms with Crippen molar-refractivity contribution in [1.82, 2.24) is 9.88 Å². The molecule has 0 atom stereocenters. The molecule has 6 nitrogen and oxygen atoms in total. The van der Waals surface area contributed by atoms with Gasteiger partial charge in [0.05, 0.1) is 34.3 Å². The van der Waals surface area contributed by atoms with Gasteiger partial charge in [-0.15, -0.1) is 22.7 Å². The Balaban J connectivity index is 1.56. The third-order valence-corrected chi connectivity index (χ3v) is 6.07. The van der Waals surface area contributed by atoms with Crippen LogP contribution in [-0.4, -0.2) is 28.7 Å². The molecule has 0 fully saturated rings. The SMILES string of the molecule is Cc1occc1C(=O)Nc1nc(CC(=O)N(C)Cc2ccc(Br)s2)cs1. The first-order valence-corrected chi connectivity index (χ1v) is 10.2. The largest absolute Gasteiger partial charge is 0.469 e. The Morgan fingerprint density at radius 2 is 2.15 bits per heavy atom. The molecule has 26 heavy (non-hydrogen) atoms. The summed E-state index contributed by atoms with van der Waals surface area (Å²) in [4.78, 5) is 31.6. The summed E-state index contributed by atoms with van der Waals surface area (Å²) in [5.41, 5.74) is 1.11. The van der Waals surface area contributed by atoms with Gasteiger partial charge in [-0.3, -0.25) is 14.9 Å². The first kappa shape index (κ1) is 18.8. The summed E-state index contributed by atoms with van der Waals surface area (Å²) in [5.74, 6) is 0.253. The molecule has 0 spiro atoms. The average Bonchev–Trinajstić information content (AvgIpc) is 3.30. The molecule has 0 radical (unpaired) electrons. The number of rotatable bonds is 6. The van der Waals surface area contributed by atoms with E-state index in [0.717, 1.165) is 8.66 Å². The van der Waals surface area contributed by atoms with Gasteiger partial charge in [-0.2, -0.15) is 0 Å². The van der Waals surface area contributed by atoms with Gasteiger partial charge in [0.15, 0.2) is 5.13 Å². The molecule has 0 aromatic carbocycles. The smallest absolute Gasteiger partial charge is 0.260 e. The Morgan fingerprint density at radius 1 is 1.35 bits per heavy atom. The number of hydrogen-bond acceptors (Lipinski definition) is 6. The summed E-state index contributed by atoms with van der Waals surface area (Å²) in [7, 11) is 1.77. The lowest BCUT2D eigenvalue weighted by molar-refractivity contribution is -0.129. The minimum atomic E-state index is -0.274. The lowest BCUT2D eigenvalue weighted by Crippen LogP contribution is -2.27. The number of furan rings is 1. The fraction of sp³-hybridized carbons (Fsp3) is 0.235. The van der Waals surface area contributed by atoms with Crippen LogP contribution in [-0.2, 0) is 17.8 Å². The summed E-state index contributed by atoms with van der Waals surface area (Å²) in [6.07, 6.45) is 1.66. The molecule has 2 amide bonds. The summed E-state index contributed by atoms with van der Waals surface area (Å²) < 4.78 is 6.17. The number of carbonyl (C=O) groups excluding carboxylic acids is 2. The van der Waals surface area contributed by atoms with E-state index in [1.165, 1.54) is 17.6 Å². The van der Waals surface area contributed by atoms with Gasteiger partial charge in [0.1, 0.15) is 5.76 Å². The standard InChI is InChI=1S/C17H16BrN3O3S2/c1-10-13(5-6-24-10)16(23)20-17-19-11(9-25-17)7-15(22)21(2)8-12-3-4-14(18)26-12/h3-6,9H,7-8H2,1-2H3,(H,19,20,23). The fourth-order valence-electron chi connectivity index (χ4n) is 2.28. The summed E-state index contributed by atoms with van der Waals surface area (Å²) in [5, 5.41) is 4.98. The minimum absolute atomic E-state index is 0.0246. The number of nitrogens with zero attached hydrogens (tertiary/aromatic N) is 2. The number of likely N-dealkylation sites (N-methyl/N-ethyl adjacent to an activating group) is 1. The Morgan fingerprint density at radius 3 is 2.81 bits per heavy atom. The molecule has 3 heterocycles. The van der Waals surface area contributed by atoms with Crippen LogP contribution in [0.1, 0.15) is 26.7 Å². The quantitative estimate of drug-likeness (QED) is 0.602. The molecule has 1 N–H and O–H groups in total. The number of aromatic nitrogens is 1. The number of carbonyl (C=O) groups is 2. The van der Waals surface area contributed by atoms with Gasteiger partial charge in [0.25, 0.3) is 5.91 Å². The zero-order valence-electron chi connectivity index (χ0n) is 14.1. The first-order valence-electron chi connectivity index (χ1n) is 7.70. The van der Waals surface area contributed by atoms with Gasteiger partial charge in [0.2, 0.25) is 5.91 Å². The van der Waals surface area contributed by atoms with Crippen LogP contribution < -0.4 is 5.32 Å². The fourth-order valence-corrected chi connectivity index (χ4v) is 4.52. The molecule has 0 aliphatic rings. The molecule has 3 aromatic heterocycles. The van der Waals surface area contributed by atoms with Crippen LogP contribution in [0.3, 0.4) is 0 Å². The van der Waals surface area contributed by atoms with Gasteiger partial charge in [-0.05, 0) is 41.1 Å². The van der Waals surface area contributed by atoms with Crippen LogP contribution in [0.4, 0.5) is 5.13 Å². The number of nitrogens with one attached hydrogen (secondary N) is 1. The monoisotopic (exact) mass is 453 g/mol. The topological polar surface area (TPSA) is 75.4 Å². The highest BCUT2D eigenvalue weighted by Gasteiger charge is 2.16. The Bertz CT molecular complexity index is 931. The minimum Gasteiger partial charge on any atom is -0.469 e. The van der Waals surface area contributed by atoms with Gasteiger partial charge >= 0.3 is 0 Å². The van der Waals surface area contributed by atoms with E-state index < -0.39 is 0 Å². The molecule has 0 saturated heterocycles. The first-order chi connectivity index (χ1) is 12.4. The highest BCUT2D eigenvalue weighted by molar-refractivity contribution is 9.11. The van der Waals surface area contributed by atoms with Crippen molar-refractivity contribution >= 4 is 55.5 Å². The second-order valence-corrected chi connectivity index (χ2v) is 9.03. The van der Waals surface area contributed by atoms with Gasteiger partial charge < -0.3 is 9.32 Å². The molecule has 0 unspecified atom stereocenters. The number of anilines is 1. The van der Waals surface area contributed by atoms with E-state index >= 15 is 0 Å². The van der Waals surface area contributed by atoms with E-state index in [4.69, 9.17) is 4.42 Å². The second-order valence-electron chi connectivity index (χ2n) is 5.62. The summed E-state index contributed by atoms with van der Waals surface area (Å²) in [6.45, 7) is 2.28. The lowest BCUT2D eigenvalue weighted by atomic mass is 10.2. The predicted octanol–water partition coefficient (Wildman–Crippen LogP) is 4.32. The number of thiazole rings is 1. The van der Waals surface area contributed by atoms with E-state index in [1.807, 2.05) is 12.1 Å². The molecule has 9 heteroatoms. The van der Waals surface area contributed by atoms with Gasteiger partial charge in [-0.1, -0.05) is 0 Å². The second kappa shape index (κ2) is 8.15. The number of aryl methyl sites for hydroxylation is 1. The maximum absolute atomic E-state index is 12.4. The Hall–Kier alpha value is -1.97. The number of halogens is 1. The Labute approximate surface area is 167 Å². The highest BCUT2D eigenvalue weighted by atomic mass is 79.9. The highest BCUT2D eigenvalue weighted by Crippen LogP contribution is 2.23. The van der Waals surface area contributed by atoms with E-state index in [9.17, 15) is 9.59 Å². The maximum Gasteiger partial charge on any atom is 0.260 e. The molecular formula is C17H16BrN3O3S2. The van der Waals surface area contributed by atoms with Gasteiger partial charge in [-0.25, -0.2) is 4.98 Å². The van der Waals surface area contributed by atoms with E-state index in [-0.39, 0.29) is 18.2 Å². The third kappa shape index (κ3) is 4.60. The van der Waals surface area contributed by atoms with Crippen LogP contribution in [0.15, 0.2) is 38.0 Å². The van der Waals surface area contributed by atoms with Crippen molar-refractivity contribution < 1.29 is 14.0 Å². The predicted molar refractivity (Wildman–Crippen MR) is 106 cm³/mol. The third-order valence-electron chi connectivity index (χ3n) is 3.66. The number of hydrogen-bond donors (Lipinski definition) is 1. The molecular weight excluding hydrogens is 438 g/mol. The molecule has 3 aromatic rings. The molecule has 3 rings (SSSR count). The lowest BCUT2D eigenvalue weighted by Gasteiger charge is -2.15. The van der Waals surface area contributed by atoms with E-state index in [1.54, 1.807) is 41.7 Å². The summed E-state index contributed by atoms with van der Waals surface area (Å²) in [6, 6.07) is 5.57. The van der Waals surface area contributed by atoms with Crippen molar-refractivity contribution in [3.8, 4) is 0 Å². The molecule has 0 saturated carbocycles. The average molecular weight is 454 g/mol. The van der Waals surface area contributed by atoms with E-state index in [2.05, 4.69) is 26.2 Å². The Kier molecular flexibility index (Phi) is 5.90. The number of amides is 2. The van der Waals surface area contributed by atoms with Crippen LogP contribution >= 0.6 is 38.6 Å². The summed E-state index contributed by atoms with van der Waals surface area (Å²) >= 11 is 6.32. The van der Waals surface area contributed by atoms with Gasteiger partial charge in [0, 0.05) is 17.3 Å². The van der Waals surface area contributed by atoms with Crippen molar-refractivity contribution in [2.45, 2.75) is 19.9 Å². The normalized spacial score (nSPS) is 10.7. The van der Waals surface area contributed by atoms with Crippen LogP contribution in [0.25, 0.3) is 0 Å². The number of thiophene rings is 1. The molecule has 0 bridgehead atoms. The molecule has 0 aliphatic carbocycles. The van der Waals surface area contributed by atoms with Crippen LogP contribution in [0, 0.1) is 6.92 Å². The van der Waals surface area contributed by atoms with Crippen molar-refractivity contribution in [3.05, 3.63) is 55.5 Å². The van der Waals surface area contributed by atoms with Crippen molar-refractivity contribution in [1.29, 1.82) is 0 Å². The van der Waals surface area contributed by atoms with Crippen molar-refractivity contribution in [2.24, 2.45) is 0 Å². The van der Waals surface area contributed by atoms with Crippen LogP contribution in [0.5, 0.6) is 0 Å². The molecule has 136 valence electrons. The van der Waals surface area contributed by atoms with E-state index in [0.29, 0.717) is 28.7 Å². The van der Waals surface area contributed by atoms with Crippen molar-refractivity contribution in [2.75, 3.05) is 12.4 Å². The van der Waals surface area contributed by atoms with Crippen LogP contribution in [0.2, 0.25) is 0 Å². The zero-order chi connectivity index (χ0) is 18.7. The van der Waals surface area contributed by atoms with Crippen molar-refractivity contribution in [3.63, 3.8) is 0 Å². The molecule has 0 aliphatic heterocycles. The maximum atomic E-state index is 12.4.